The monoisotopic (exact) mass is 709 g/mol. The number of rotatable bonds is 22. The molecule has 0 aliphatic carbocycles. The highest BCUT2D eigenvalue weighted by Gasteiger charge is 2.51. The van der Waals surface area contributed by atoms with E-state index in [0.717, 1.165) is 38.5 Å². The van der Waals surface area contributed by atoms with Gasteiger partial charge in [-0.2, -0.15) is 0 Å². The van der Waals surface area contributed by atoms with Gasteiger partial charge in [-0.25, -0.2) is 0 Å². The first kappa shape index (κ1) is 44.4. The van der Waals surface area contributed by atoms with E-state index in [1.54, 1.807) is 6.92 Å². The Kier molecular flexibility index (Phi) is 17.7. The number of ether oxygens (including phenoxy) is 2. The van der Waals surface area contributed by atoms with Gasteiger partial charge < -0.3 is 35.0 Å². The van der Waals surface area contributed by atoms with Gasteiger partial charge in [-0.05, 0) is 103 Å². The molecule has 2 aliphatic rings. The Morgan fingerprint density at radius 2 is 1.46 bits per heavy atom. The summed E-state index contributed by atoms with van der Waals surface area (Å²) in [4.78, 5) is 23.7. The second-order valence-electron chi connectivity index (χ2n) is 17.1. The summed E-state index contributed by atoms with van der Waals surface area (Å²) in [5.41, 5.74) is -1.01. The van der Waals surface area contributed by atoms with Crippen molar-refractivity contribution < 1.29 is 44.6 Å². The van der Waals surface area contributed by atoms with Crippen LogP contribution in [0.5, 0.6) is 0 Å². The first-order chi connectivity index (χ1) is 23.2. The van der Waals surface area contributed by atoms with Crippen LogP contribution < -0.4 is 0 Å². The number of carboxylic acid groups (broad SMARTS) is 1. The third-order valence-corrected chi connectivity index (χ3v) is 11.9. The molecule has 2 fully saturated rings. The van der Waals surface area contributed by atoms with E-state index in [9.17, 15) is 30.0 Å². The number of carbonyl (C=O) groups excluding carboxylic acids is 1. The van der Waals surface area contributed by atoms with Crippen LogP contribution in [0.4, 0.5) is 0 Å². The van der Waals surface area contributed by atoms with E-state index in [2.05, 4.69) is 33.8 Å². The normalized spacial score (nSPS) is 30.7. The van der Waals surface area contributed by atoms with E-state index in [-0.39, 0.29) is 71.6 Å². The van der Waals surface area contributed by atoms with Crippen molar-refractivity contribution in [3.05, 3.63) is 24.0 Å². The molecule has 9 nitrogen and oxygen atoms in total. The van der Waals surface area contributed by atoms with Crippen LogP contribution in [0.3, 0.4) is 0 Å². The molecule has 0 spiro atoms. The van der Waals surface area contributed by atoms with Gasteiger partial charge in [0.1, 0.15) is 0 Å². The average molecular weight is 709 g/mol. The lowest BCUT2D eigenvalue weighted by Gasteiger charge is -2.35. The molecular formula is C41H72O9. The van der Waals surface area contributed by atoms with Crippen LogP contribution in [-0.2, 0) is 19.1 Å². The van der Waals surface area contributed by atoms with E-state index in [4.69, 9.17) is 14.6 Å². The molecule has 14 atom stereocenters. The van der Waals surface area contributed by atoms with Crippen molar-refractivity contribution in [3.8, 4) is 0 Å². The van der Waals surface area contributed by atoms with Crippen LogP contribution in [0.2, 0.25) is 0 Å². The van der Waals surface area contributed by atoms with Crippen LogP contribution in [0.1, 0.15) is 140 Å². The summed E-state index contributed by atoms with van der Waals surface area (Å²) < 4.78 is 12.7. The fourth-order valence-electron chi connectivity index (χ4n) is 8.02. The fraction of sp³-hybridized carbons (Fsp3) is 0.854. The van der Waals surface area contributed by atoms with E-state index in [0.29, 0.717) is 25.7 Å². The smallest absolute Gasteiger partial charge is 0.303 e. The summed E-state index contributed by atoms with van der Waals surface area (Å²) in [5, 5.41) is 51.9. The van der Waals surface area contributed by atoms with E-state index in [1.807, 2.05) is 40.7 Å². The lowest BCUT2D eigenvalue weighted by atomic mass is 9.85. The Morgan fingerprint density at radius 3 is 2.06 bits per heavy atom. The van der Waals surface area contributed by atoms with Crippen molar-refractivity contribution in [2.45, 2.75) is 182 Å². The molecule has 0 aromatic rings. The van der Waals surface area contributed by atoms with Crippen molar-refractivity contribution in [2.75, 3.05) is 0 Å². The number of allylic oxidation sites excluding steroid dienone is 3. The largest absolute Gasteiger partial charge is 0.512 e. The SMILES string of the molecule is C[C@H](CCC(=O)O)C[C@H](C)C[C@H](C)C(=O)C=C(O)[C@H](C)C[C@H](C)CC=C[C@@H](C)[C@@H](O)[C@@H](C)[C@@H](O)C[C@@H]1CC[C@@](C)([C@H]2CC[C@@](C)([C@@H](C)O)O2)O1. The zero-order valence-corrected chi connectivity index (χ0v) is 32.8. The molecule has 0 aromatic heterocycles. The zero-order chi connectivity index (χ0) is 38.0. The van der Waals surface area contributed by atoms with Crippen molar-refractivity contribution >= 4 is 11.8 Å². The number of aliphatic hydroxyl groups is 4. The third-order valence-electron chi connectivity index (χ3n) is 11.9. The quantitative estimate of drug-likeness (QED) is 0.0431. The van der Waals surface area contributed by atoms with E-state index in [1.165, 1.54) is 6.08 Å². The minimum atomic E-state index is -0.781. The number of carbonyl (C=O) groups is 2. The maximum atomic E-state index is 12.8. The van der Waals surface area contributed by atoms with Gasteiger partial charge in [0.25, 0.3) is 0 Å². The second kappa shape index (κ2) is 19.9. The summed E-state index contributed by atoms with van der Waals surface area (Å²) in [6.07, 6.45) is 10.8. The van der Waals surface area contributed by atoms with Crippen LogP contribution in [0, 0.1) is 41.4 Å². The topological polar surface area (TPSA) is 154 Å². The summed E-state index contributed by atoms with van der Waals surface area (Å²) in [6.45, 7) is 19.7. The average Bonchev–Trinajstić information content (AvgIpc) is 3.63. The molecule has 0 unspecified atom stereocenters. The minimum Gasteiger partial charge on any atom is -0.512 e. The number of hydrogen-bond acceptors (Lipinski definition) is 8. The molecular weight excluding hydrogens is 636 g/mol. The van der Waals surface area contributed by atoms with Gasteiger partial charge in [-0.15, -0.1) is 0 Å². The second-order valence-corrected chi connectivity index (χ2v) is 17.1. The van der Waals surface area contributed by atoms with E-state index < -0.39 is 35.5 Å². The molecule has 290 valence electrons. The lowest BCUT2D eigenvalue weighted by Crippen LogP contribution is -2.44. The highest BCUT2D eigenvalue weighted by atomic mass is 16.6. The maximum Gasteiger partial charge on any atom is 0.303 e. The maximum absolute atomic E-state index is 12.8. The number of aliphatic carboxylic acids is 1. The summed E-state index contributed by atoms with van der Waals surface area (Å²) in [6, 6.07) is 0. The molecule has 50 heavy (non-hydrogen) atoms. The van der Waals surface area contributed by atoms with Crippen molar-refractivity contribution in [2.24, 2.45) is 41.4 Å². The van der Waals surface area contributed by atoms with Gasteiger partial charge >= 0.3 is 5.97 Å². The number of carboxylic acids is 1. The molecule has 0 amide bonds. The van der Waals surface area contributed by atoms with Crippen LogP contribution >= 0.6 is 0 Å². The Labute approximate surface area is 302 Å². The summed E-state index contributed by atoms with van der Waals surface area (Å²) in [7, 11) is 0. The summed E-state index contributed by atoms with van der Waals surface area (Å²) in [5.74, 6) is -0.810. The fourth-order valence-corrected chi connectivity index (χ4v) is 8.02. The number of ketones is 1. The van der Waals surface area contributed by atoms with Gasteiger partial charge in [0.2, 0.25) is 0 Å². The van der Waals surface area contributed by atoms with Crippen LogP contribution in [-0.4, -0.2) is 79.0 Å². The van der Waals surface area contributed by atoms with Crippen molar-refractivity contribution in [1.82, 2.24) is 0 Å². The summed E-state index contributed by atoms with van der Waals surface area (Å²) >= 11 is 0. The predicted octanol–water partition coefficient (Wildman–Crippen LogP) is 7.80. The van der Waals surface area contributed by atoms with Gasteiger partial charge in [0.15, 0.2) is 5.78 Å². The molecule has 5 N–H and O–H groups in total. The van der Waals surface area contributed by atoms with Crippen LogP contribution in [0.25, 0.3) is 0 Å². The molecule has 0 bridgehead atoms. The van der Waals surface area contributed by atoms with Crippen LogP contribution in [0.15, 0.2) is 24.0 Å². The molecule has 9 heteroatoms. The first-order valence-electron chi connectivity index (χ1n) is 19.4. The first-order valence-corrected chi connectivity index (χ1v) is 19.4. The van der Waals surface area contributed by atoms with Gasteiger partial charge in [0, 0.05) is 36.2 Å². The van der Waals surface area contributed by atoms with Gasteiger partial charge in [0.05, 0.1) is 47.5 Å². The predicted molar refractivity (Wildman–Crippen MR) is 198 cm³/mol. The third kappa shape index (κ3) is 13.6. The minimum absolute atomic E-state index is 0.0809. The molecule has 2 saturated heterocycles. The molecule has 0 aromatic carbocycles. The van der Waals surface area contributed by atoms with E-state index >= 15 is 0 Å². The standard InChI is InChI=1S/C41H72O9/c1-25(21-29(5)34(43)24-35(44)30(6)22-27(3)20-26(2)14-15-38(46)47)12-11-13-28(4)39(48)31(7)36(45)23-33-16-18-41(10,49-33)37-17-19-40(9,50-37)32(8)42/h11,13,24-33,36-37,39,42-43,45,48H,12,14-23H2,1-10H3,(H,46,47)/t25-,26-,27+,28-,29-,30+,31+,32-,33+,36+,37-,39-,40+,41+/m1/s1. The lowest BCUT2D eigenvalue weighted by molar-refractivity contribution is -0.172. The molecule has 2 heterocycles. The number of aliphatic hydroxyl groups excluding tert-OH is 4. The van der Waals surface area contributed by atoms with Crippen molar-refractivity contribution in [1.29, 1.82) is 0 Å². The zero-order valence-electron chi connectivity index (χ0n) is 32.8. The number of hydrogen-bond donors (Lipinski definition) is 5. The molecule has 0 radical (unpaired) electrons. The molecule has 2 aliphatic heterocycles. The van der Waals surface area contributed by atoms with Crippen molar-refractivity contribution in [3.63, 3.8) is 0 Å². The molecule has 2 rings (SSSR count). The Balaban J connectivity index is 1.77. The highest BCUT2D eigenvalue weighted by molar-refractivity contribution is 5.91. The Bertz CT molecular complexity index is 1120. The Morgan fingerprint density at radius 1 is 0.820 bits per heavy atom. The Hall–Kier alpha value is -1.78. The van der Waals surface area contributed by atoms with Gasteiger partial charge in [-0.1, -0.05) is 60.6 Å². The molecule has 0 saturated carbocycles. The highest BCUT2D eigenvalue weighted by Crippen LogP contribution is 2.45. The van der Waals surface area contributed by atoms with Gasteiger partial charge in [-0.3, -0.25) is 9.59 Å².